The number of benzene rings is 2. The van der Waals surface area contributed by atoms with Gasteiger partial charge in [-0.15, -0.1) is 0 Å². The first kappa shape index (κ1) is 19.3. The van der Waals surface area contributed by atoms with E-state index in [0.717, 1.165) is 20.7 Å². The van der Waals surface area contributed by atoms with Crippen LogP contribution in [0, 0.1) is 0 Å². The molecule has 2 heterocycles. The highest BCUT2D eigenvalue weighted by molar-refractivity contribution is 9.10. The Morgan fingerprint density at radius 1 is 1.28 bits per heavy atom. The summed E-state index contributed by atoms with van der Waals surface area (Å²) in [4.78, 5) is 20.1. The summed E-state index contributed by atoms with van der Waals surface area (Å²) in [5.74, 6) is 0.580. The van der Waals surface area contributed by atoms with Crippen LogP contribution >= 0.6 is 27.7 Å². The molecule has 0 saturated carbocycles. The minimum absolute atomic E-state index is 0.375. The SMILES string of the molecule is COc1ccc(Br)cc1C(=O)N/N=C\c1ccc(Sc2nc3ccccc3[nH]2)o1. The molecule has 1 amide bonds. The summed E-state index contributed by atoms with van der Waals surface area (Å²) in [6.45, 7) is 0. The monoisotopic (exact) mass is 470 g/mol. The number of furan rings is 1. The molecule has 0 unspecified atom stereocenters. The Morgan fingerprint density at radius 3 is 2.97 bits per heavy atom. The van der Waals surface area contributed by atoms with Gasteiger partial charge in [-0.2, -0.15) is 5.10 Å². The van der Waals surface area contributed by atoms with Crippen LogP contribution in [0.4, 0.5) is 0 Å². The lowest BCUT2D eigenvalue weighted by atomic mass is 10.2. The molecular weight excluding hydrogens is 456 g/mol. The van der Waals surface area contributed by atoms with Crippen molar-refractivity contribution >= 4 is 50.8 Å². The number of aromatic nitrogens is 2. The number of carbonyl (C=O) groups excluding carboxylic acids is 1. The molecule has 0 aliphatic heterocycles. The fourth-order valence-corrected chi connectivity index (χ4v) is 3.73. The van der Waals surface area contributed by atoms with Crippen LogP contribution in [0.1, 0.15) is 16.1 Å². The summed E-state index contributed by atoms with van der Waals surface area (Å²) in [6, 6.07) is 16.6. The number of hydrogen-bond acceptors (Lipinski definition) is 6. The van der Waals surface area contributed by atoms with E-state index in [-0.39, 0.29) is 5.91 Å². The molecule has 7 nitrogen and oxygen atoms in total. The molecule has 0 aliphatic carbocycles. The Balaban J connectivity index is 1.40. The molecule has 0 saturated heterocycles. The largest absolute Gasteiger partial charge is 0.496 e. The third-order valence-corrected chi connectivity index (χ3v) is 5.23. The molecule has 4 aromatic rings. The fraction of sp³-hybridized carbons (Fsp3) is 0.0500. The Hall–Kier alpha value is -3.04. The summed E-state index contributed by atoms with van der Waals surface area (Å²) >= 11 is 4.71. The number of ether oxygens (including phenoxy) is 1. The second kappa shape index (κ2) is 8.54. The van der Waals surface area contributed by atoms with Gasteiger partial charge in [0.1, 0.15) is 11.5 Å². The zero-order valence-corrected chi connectivity index (χ0v) is 17.6. The van der Waals surface area contributed by atoms with Crippen molar-refractivity contribution in [3.63, 3.8) is 0 Å². The first-order valence-electron chi connectivity index (χ1n) is 8.52. The molecule has 0 atom stereocenters. The summed E-state index contributed by atoms with van der Waals surface area (Å²) in [5.41, 5.74) is 4.71. The van der Waals surface area contributed by atoms with Gasteiger partial charge in [0.15, 0.2) is 10.2 Å². The van der Waals surface area contributed by atoms with Crippen LogP contribution in [0.25, 0.3) is 11.0 Å². The third kappa shape index (κ3) is 4.52. The molecule has 2 N–H and O–H groups in total. The Labute approximate surface area is 178 Å². The van der Waals surface area contributed by atoms with E-state index >= 15 is 0 Å². The number of aromatic amines is 1. The summed E-state index contributed by atoms with van der Waals surface area (Å²) in [6.07, 6.45) is 1.44. The Bertz CT molecular complexity index is 1170. The van der Waals surface area contributed by atoms with E-state index in [4.69, 9.17) is 9.15 Å². The average molecular weight is 471 g/mol. The Kier molecular flexibility index (Phi) is 5.68. The van der Waals surface area contributed by atoms with Crippen molar-refractivity contribution in [1.82, 2.24) is 15.4 Å². The van der Waals surface area contributed by atoms with Crippen molar-refractivity contribution in [3.05, 3.63) is 70.4 Å². The molecule has 4 rings (SSSR count). The minimum atomic E-state index is -0.386. The quantitative estimate of drug-likeness (QED) is 0.310. The van der Waals surface area contributed by atoms with Crippen molar-refractivity contribution in [1.29, 1.82) is 0 Å². The lowest BCUT2D eigenvalue weighted by Crippen LogP contribution is -2.18. The number of hydrogen-bond donors (Lipinski definition) is 2. The van der Waals surface area contributed by atoms with Crippen molar-refractivity contribution in [3.8, 4) is 5.75 Å². The number of carbonyl (C=O) groups is 1. The molecule has 146 valence electrons. The van der Waals surface area contributed by atoms with E-state index in [1.54, 1.807) is 24.3 Å². The van der Waals surface area contributed by atoms with E-state index in [1.807, 2.05) is 30.3 Å². The van der Waals surface area contributed by atoms with Gasteiger partial charge in [-0.05, 0) is 54.2 Å². The van der Waals surface area contributed by atoms with E-state index in [1.165, 1.54) is 25.1 Å². The van der Waals surface area contributed by atoms with Crippen LogP contribution in [0.3, 0.4) is 0 Å². The molecule has 9 heteroatoms. The normalized spacial score (nSPS) is 11.2. The van der Waals surface area contributed by atoms with Gasteiger partial charge < -0.3 is 14.1 Å². The molecule has 2 aromatic heterocycles. The maximum atomic E-state index is 12.3. The smallest absolute Gasteiger partial charge is 0.275 e. The highest BCUT2D eigenvalue weighted by Gasteiger charge is 2.12. The van der Waals surface area contributed by atoms with Gasteiger partial charge >= 0.3 is 0 Å². The molecule has 0 spiro atoms. The molecule has 0 aliphatic rings. The second-order valence-electron chi connectivity index (χ2n) is 5.86. The van der Waals surface area contributed by atoms with Crippen LogP contribution in [0.5, 0.6) is 5.75 Å². The van der Waals surface area contributed by atoms with E-state index in [9.17, 15) is 4.79 Å². The lowest BCUT2D eigenvalue weighted by molar-refractivity contribution is 0.0952. The van der Waals surface area contributed by atoms with Gasteiger partial charge in [0.05, 0.1) is 29.9 Å². The highest BCUT2D eigenvalue weighted by Crippen LogP contribution is 2.28. The molecule has 0 bridgehead atoms. The number of amides is 1. The van der Waals surface area contributed by atoms with Crippen molar-refractivity contribution in [2.75, 3.05) is 7.11 Å². The molecule has 0 fully saturated rings. The number of imidazole rings is 1. The number of halogens is 1. The number of hydrazone groups is 1. The Morgan fingerprint density at radius 2 is 2.14 bits per heavy atom. The molecule has 2 aromatic carbocycles. The highest BCUT2D eigenvalue weighted by atomic mass is 79.9. The lowest BCUT2D eigenvalue weighted by Gasteiger charge is -2.07. The van der Waals surface area contributed by atoms with E-state index in [2.05, 4.69) is 36.4 Å². The number of H-pyrrole nitrogens is 1. The van der Waals surface area contributed by atoms with Gasteiger partial charge in [0.2, 0.25) is 0 Å². The van der Waals surface area contributed by atoms with E-state index in [0.29, 0.717) is 22.2 Å². The summed E-state index contributed by atoms with van der Waals surface area (Å²) in [7, 11) is 1.51. The number of rotatable bonds is 6. The summed E-state index contributed by atoms with van der Waals surface area (Å²) in [5, 5.41) is 5.35. The first-order chi connectivity index (χ1) is 14.1. The topological polar surface area (TPSA) is 92.5 Å². The maximum absolute atomic E-state index is 12.3. The number of methoxy groups -OCH3 is 1. The molecular formula is C20H15BrN4O3S. The zero-order valence-electron chi connectivity index (χ0n) is 15.2. The zero-order chi connectivity index (χ0) is 20.2. The van der Waals surface area contributed by atoms with Crippen LogP contribution in [0.15, 0.2) is 78.8 Å². The summed E-state index contributed by atoms with van der Waals surface area (Å²) < 4.78 is 11.7. The average Bonchev–Trinajstić information content (AvgIpc) is 3.34. The van der Waals surface area contributed by atoms with Crippen LogP contribution in [0.2, 0.25) is 0 Å². The van der Waals surface area contributed by atoms with Crippen LogP contribution < -0.4 is 10.2 Å². The minimum Gasteiger partial charge on any atom is -0.496 e. The first-order valence-corrected chi connectivity index (χ1v) is 10.1. The van der Waals surface area contributed by atoms with E-state index < -0.39 is 0 Å². The number of nitrogens with zero attached hydrogens (tertiary/aromatic N) is 2. The van der Waals surface area contributed by atoms with Crippen LogP contribution in [-0.2, 0) is 0 Å². The molecule has 0 radical (unpaired) electrons. The van der Waals surface area contributed by atoms with Gasteiger partial charge in [-0.25, -0.2) is 10.4 Å². The van der Waals surface area contributed by atoms with Gasteiger partial charge in [-0.1, -0.05) is 28.1 Å². The van der Waals surface area contributed by atoms with Crippen molar-refractivity contribution < 1.29 is 13.9 Å². The number of para-hydroxylation sites is 2. The third-order valence-electron chi connectivity index (χ3n) is 3.93. The molecule has 29 heavy (non-hydrogen) atoms. The number of nitrogens with one attached hydrogen (secondary N) is 2. The number of fused-ring (bicyclic) bond motifs is 1. The standard InChI is InChI=1S/C20H15BrN4O3S/c1-27-17-8-6-12(21)10-14(17)19(26)25-22-11-13-7-9-18(28-13)29-20-23-15-4-2-3-5-16(15)24-20/h2-11H,1H3,(H,23,24)(H,25,26)/b22-11-. The van der Waals surface area contributed by atoms with Crippen molar-refractivity contribution in [2.24, 2.45) is 5.10 Å². The predicted octanol–water partition coefficient (Wildman–Crippen LogP) is 4.84. The van der Waals surface area contributed by atoms with Gasteiger partial charge in [-0.3, -0.25) is 4.79 Å². The van der Waals surface area contributed by atoms with Crippen molar-refractivity contribution in [2.45, 2.75) is 10.2 Å². The second-order valence-corrected chi connectivity index (χ2v) is 7.77. The van der Waals surface area contributed by atoms with Crippen LogP contribution in [-0.4, -0.2) is 29.2 Å². The maximum Gasteiger partial charge on any atom is 0.275 e. The predicted molar refractivity (Wildman–Crippen MR) is 115 cm³/mol. The van der Waals surface area contributed by atoms with Gasteiger partial charge in [0.25, 0.3) is 5.91 Å². The fourth-order valence-electron chi connectivity index (χ4n) is 2.60. The van der Waals surface area contributed by atoms with Gasteiger partial charge in [0, 0.05) is 4.47 Å².